The van der Waals surface area contributed by atoms with E-state index in [4.69, 9.17) is 4.74 Å². The largest absolute Gasteiger partial charge is 0.495 e. The number of ether oxygens (including phenoxy) is 1. The third kappa shape index (κ3) is 4.14. The van der Waals surface area contributed by atoms with Crippen LogP contribution in [-0.4, -0.2) is 18.9 Å². The second-order valence-electron chi connectivity index (χ2n) is 8.69. The van der Waals surface area contributed by atoms with Crippen molar-refractivity contribution in [3.05, 3.63) is 93.7 Å². The average molecular weight is 441 g/mol. The Balaban J connectivity index is 1.91. The van der Waals surface area contributed by atoms with E-state index in [0.717, 1.165) is 39.1 Å². The summed E-state index contributed by atoms with van der Waals surface area (Å²) in [6, 6.07) is 17.3. The van der Waals surface area contributed by atoms with Gasteiger partial charge in [-0.15, -0.1) is 0 Å². The lowest BCUT2D eigenvalue weighted by molar-refractivity contribution is -0.120. The average Bonchev–Trinajstić information content (AvgIpc) is 2.97. The zero-order valence-corrected chi connectivity index (χ0v) is 19.9. The van der Waals surface area contributed by atoms with Gasteiger partial charge in [-0.05, 0) is 86.7 Å². The maximum atomic E-state index is 13.8. The van der Waals surface area contributed by atoms with Crippen LogP contribution in [0.2, 0.25) is 0 Å². The number of nitrogens with one attached hydrogen (secondary N) is 1. The second-order valence-corrected chi connectivity index (χ2v) is 8.69. The highest BCUT2D eigenvalue weighted by molar-refractivity contribution is 6.46. The lowest BCUT2D eigenvalue weighted by Crippen LogP contribution is -2.32. The summed E-state index contributed by atoms with van der Waals surface area (Å²) in [5.41, 5.74) is 7.66. The summed E-state index contributed by atoms with van der Waals surface area (Å²) < 4.78 is 5.49. The first-order valence-corrected chi connectivity index (χ1v) is 10.9. The molecule has 0 aliphatic carbocycles. The van der Waals surface area contributed by atoms with Crippen molar-refractivity contribution in [1.82, 2.24) is 0 Å². The fraction of sp³-hybridized carbons (Fsp3) is 0.214. The molecule has 33 heavy (non-hydrogen) atoms. The molecule has 4 rings (SSSR count). The maximum Gasteiger partial charge on any atom is 0.282 e. The number of rotatable bonds is 5. The highest BCUT2D eigenvalue weighted by atomic mass is 16.5. The molecule has 1 aliphatic rings. The Morgan fingerprint density at radius 3 is 2.00 bits per heavy atom. The number of imide groups is 1. The molecule has 0 saturated heterocycles. The van der Waals surface area contributed by atoms with Crippen molar-refractivity contribution in [2.45, 2.75) is 34.6 Å². The van der Waals surface area contributed by atoms with E-state index in [1.807, 2.05) is 71.0 Å². The van der Waals surface area contributed by atoms with Gasteiger partial charge in [-0.3, -0.25) is 9.59 Å². The van der Waals surface area contributed by atoms with E-state index in [-0.39, 0.29) is 11.6 Å². The van der Waals surface area contributed by atoms with Crippen molar-refractivity contribution in [2.24, 2.45) is 0 Å². The summed E-state index contributed by atoms with van der Waals surface area (Å²) in [4.78, 5) is 28.8. The first-order valence-electron chi connectivity index (χ1n) is 10.9. The van der Waals surface area contributed by atoms with Crippen LogP contribution < -0.4 is 15.0 Å². The van der Waals surface area contributed by atoms with E-state index in [1.54, 1.807) is 12.1 Å². The first-order chi connectivity index (χ1) is 15.7. The van der Waals surface area contributed by atoms with E-state index in [0.29, 0.717) is 17.0 Å². The van der Waals surface area contributed by atoms with E-state index in [2.05, 4.69) is 11.4 Å². The number of hydrogen-bond acceptors (Lipinski definition) is 4. The molecule has 0 radical (unpaired) electrons. The Labute approximate surface area is 194 Å². The third-order valence-electron chi connectivity index (χ3n) is 5.80. The summed E-state index contributed by atoms with van der Waals surface area (Å²) in [5.74, 6) is -0.310. The highest BCUT2D eigenvalue weighted by Gasteiger charge is 2.42. The molecular formula is C28H28N2O3. The van der Waals surface area contributed by atoms with Crippen LogP contribution in [0, 0.1) is 34.6 Å². The van der Waals surface area contributed by atoms with E-state index < -0.39 is 5.91 Å². The highest BCUT2D eigenvalue weighted by Crippen LogP contribution is 2.39. The number of anilines is 2. The second kappa shape index (κ2) is 8.58. The van der Waals surface area contributed by atoms with Gasteiger partial charge < -0.3 is 10.1 Å². The number of hydrogen-bond donors (Lipinski definition) is 1. The van der Waals surface area contributed by atoms with Gasteiger partial charge in [0, 0.05) is 5.69 Å². The van der Waals surface area contributed by atoms with Crippen molar-refractivity contribution < 1.29 is 14.3 Å². The van der Waals surface area contributed by atoms with Crippen molar-refractivity contribution in [1.29, 1.82) is 0 Å². The fourth-order valence-electron chi connectivity index (χ4n) is 4.37. The van der Waals surface area contributed by atoms with Crippen LogP contribution in [0.1, 0.15) is 33.4 Å². The van der Waals surface area contributed by atoms with Crippen LogP contribution in [0.5, 0.6) is 5.75 Å². The quantitative estimate of drug-likeness (QED) is 0.522. The van der Waals surface area contributed by atoms with Gasteiger partial charge in [-0.25, -0.2) is 4.90 Å². The molecule has 168 valence electrons. The van der Waals surface area contributed by atoms with Crippen LogP contribution in [-0.2, 0) is 9.59 Å². The maximum absolute atomic E-state index is 13.8. The number of aryl methyl sites for hydroxylation is 5. The molecule has 1 N–H and O–H groups in total. The van der Waals surface area contributed by atoms with Gasteiger partial charge in [0.1, 0.15) is 11.4 Å². The number of benzene rings is 3. The topological polar surface area (TPSA) is 58.6 Å². The van der Waals surface area contributed by atoms with Crippen LogP contribution >= 0.6 is 0 Å². The minimum absolute atomic E-state index is 0.264. The molecule has 1 aliphatic heterocycles. The van der Waals surface area contributed by atoms with Crippen molar-refractivity contribution in [2.75, 3.05) is 17.3 Å². The van der Waals surface area contributed by atoms with Crippen LogP contribution in [0.3, 0.4) is 0 Å². The number of nitrogens with zero attached hydrogens (tertiary/aromatic N) is 1. The lowest BCUT2D eigenvalue weighted by atomic mass is 9.97. The lowest BCUT2D eigenvalue weighted by Gasteiger charge is -2.19. The SMILES string of the molecule is COc1ccc(C)cc1N1C(=O)C(Nc2cc(C)cc(C)c2)=C(c2ccc(C)cc2C)C1=O. The number of amides is 2. The molecule has 3 aromatic rings. The summed E-state index contributed by atoms with van der Waals surface area (Å²) in [7, 11) is 1.53. The number of carbonyl (C=O) groups is 2. The molecular weight excluding hydrogens is 412 g/mol. The molecule has 0 bridgehead atoms. The third-order valence-corrected chi connectivity index (χ3v) is 5.80. The molecule has 0 aromatic heterocycles. The van der Waals surface area contributed by atoms with Gasteiger partial charge >= 0.3 is 0 Å². The van der Waals surface area contributed by atoms with Gasteiger partial charge in [0.25, 0.3) is 11.8 Å². The van der Waals surface area contributed by atoms with Crippen molar-refractivity contribution >= 4 is 28.8 Å². The molecule has 2 amide bonds. The smallest absolute Gasteiger partial charge is 0.282 e. The normalized spacial score (nSPS) is 13.7. The summed E-state index contributed by atoms with van der Waals surface area (Å²) >= 11 is 0. The van der Waals surface area contributed by atoms with Gasteiger partial charge in [0.15, 0.2) is 0 Å². The zero-order valence-electron chi connectivity index (χ0n) is 19.9. The molecule has 0 spiro atoms. The fourth-order valence-corrected chi connectivity index (χ4v) is 4.37. The Kier molecular flexibility index (Phi) is 5.81. The molecule has 3 aromatic carbocycles. The summed E-state index contributed by atoms with van der Waals surface area (Å²) in [6.07, 6.45) is 0. The Morgan fingerprint density at radius 1 is 0.727 bits per heavy atom. The first kappa shape index (κ1) is 22.3. The van der Waals surface area contributed by atoms with Crippen LogP contribution in [0.25, 0.3) is 5.57 Å². The standard InChI is InChI=1S/C28H28N2O3/c1-16-7-9-22(20(5)12-16)25-26(29-21-13-18(3)11-19(4)14-21)28(32)30(27(25)31)23-15-17(2)8-10-24(23)33-6/h7-15,29H,1-6H3. The minimum Gasteiger partial charge on any atom is -0.495 e. The molecule has 5 nitrogen and oxygen atoms in total. The number of carbonyl (C=O) groups excluding carboxylic acids is 2. The van der Waals surface area contributed by atoms with Gasteiger partial charge in [-0.2, -0.15) is 0 Å². The van der Waals surface area contributed by atoms with Crippen molar-refractivity contribution in [3.8, 4) is 5.75 Å². The Bertz CT molecular complexity index is 1300. The molecule has 1 heterocycles. The van der Waals surface area contributed by atoms with Crippen LogP contribution in [0.4, 0.5) is 11.4 Å². The summed E-state index contributed by atoms with van der Waals surface area (Å²) in [5, 5.41) is 3.27. The number of methoxy groups -OCH3 is 1. The van der Waals surface area contributed by atoms with Crippen molar-refractivity contribution in [3.63, 3.8) is 0 Å². The minimum atomic E-state index is -0.405. The van der Waals surface area contributed by atoms with E-state index in [1.165, 1.54) is 12.0 Å². The molecule has 0 fully saturated rings. The molecule has 0 unspecified atom stereocenters. The van der Waals surface area contributed by atoms with E-state index in [9.17, 15) is 9.59 Å². The molecule has 0 atom stereocenters. The predicted octanol–water partition coefficient (Wildman–Crippen LogP) is 5.63. The van der Waals surface area contributed by atoms with Gasteiger partial charge in [0.05, 0.1) is 18.4 Å². The molecule has 0 saturated carbocycles. The van der Waals surface area contributed by atoms with Crippen LogP contribution in [0.15, 0.2) is 60.3 Å². The van der Waals surface area contributed by atoms with Gasteiger partial charge in [-0.1, -0.05) is 35.9 Å². The molecule has 5 heteroatoms. The Morgan fingerprint density at radius 2 is 1.36 bits per heavy atom. The van der Waals surface area contributed by atoms with E-state index >= 15 is 0 Å². The van der Waals surface area contributed by atoms with Gasteiger partial charge in [0.2, 0.25) is 0 Å². The monoisotopic (exact) mass is 440 g/mol. The summed E-state index contributed by atoms with van der Waals surface area (Å²) in [6.45, 7) is 9.89. The zero-order chi connectivity index (χ0) is 23.9. The predicted molar refractivity (Wildman–Crippen MR) is 133 cm³/mol. The Hall–Kier alpha value is -3.86.